The molecule has 0 atom stereocenters. The van der Waals surface area contributed by atoms with E-state index in [1.807, 2.05) is 12.1 Å². The lowest BCUT2D eigenvalue weighted by atomic mass is 10.1. The summed E-state index contributed by atoms with van der Waals surface area (Å²) >= 11 is 13.8. The highest BCUT2D eigenvalue weighted by atomic mass is 35.5. The van der Waals surface area contributed by atoms with E-state index in [0.29, 0.717) is 16.1 Å². The number of hydrogen-bond acceptors (Lipinski definition) is 4. The van der Waals surface area contributed by atoms with Crippen LogP contribution in [0.2, 0.25) is 10.0 Å². The van der Waals surface area contributed by atoms with E-state index in [0.717, 1.165) is 41.3 Å². The van der Waals surface area contributed by atoms with Crippen LogP contribution in [0.1, 0.15) is 12.8 Å². The summed E-state index contributed by atoms with van der Waals surface area (Å²) in [5, 5.41) is 2.12. The molecule has 18 heavy (non-hydrogen) atoms. The summed E-state index contributed by atoms with van der Waals surface area (Å²) < 4.78 is 1.08. The molecule has 0 amide bonds. The van der Waals surface area contributed by atoms with Crippen LogP contribution in [-0.4, -0.2) is 24.1 Å². The molecule has 2 N–H and O–H groups in total. The molecule has 0 unspecified atom stereocenters. The molecule has 1 saturated heterocycles. The van der Waals surface area contributed by atoms with Crippen molar-refractivity contribution in [2.75, 3.05) is 18.0 Å². The first-order valence-electron chi connectivity index (χ1n) is 5.90. The number of anilines is 1. The Balaban J connectivity index is 1.96. The van der Waals surface area contributed by atoms with Crippen molar-refractivity contribution >= 4 is 49.9 Å². The Bertz CT molecular complexity index is 576. The van der Waals surface area contributed by atoms with Gasteiger partial charge in [-0.2, -0.15) is 0 Å². The first-order chi connectivity index (χ1) is 8.65. The number of aromatic nitrogens is 1. The third-order valence-electron chi connectivity index (χ3n) is 3.25. The highest BCUT2D eigenvalue weighted by molar-refractivity contribution is 7.22. The summed E-state index contributed by atoms with van der Waals surface area (Å²) in [7, 11) is 0. The largest absolute Gasteiger partial charge is 0.348 e. The van der Waals surface area contributed by atoms with Gasteiger partial charge in [-0.25, -0.2) is 4.98 Å². The zero-order valence-electron chi connectivity index (χ0n) is 9.70. The fraction of sp³-hybridized carbons (Fsp3) is 0.417. The average Bonchev–Trinajstić information content (AvgIpc) is 2.80. The number of rotatable bonds is 1. The molecule has 1 aliphatic heterocycles. The van der Waals surface area contributed by atoms with Crippen LogP contribution >= 0.6 is 34.5 Å². The zero-order valence-corrected chi connectivity index (χ0v) is 12.0. The van der Waals surface area contributed by atoms with Crippen LogP contribution in [0.25, 0.3) is 10.2 Å². The molecule has 96 valence electrons. The van der Waals surface area contributed by atoms with E-state index in [1.165, 1.54) is 0 Å². The molecule has 0 bridgehead atoms. The number of halogens is 2. The van der Waals surface area contributed by atoms with Gasteiger partial charge in [-0.1, -0.05) is 34.5 Å². The smallest absolute Gasteiger partial charge is 0.186 e. The van der Waals surface area contributed by atoms with E-state index < -0.39 is 0 Å². The monoisotopic (exact) mass is 301 g/mol. The predicted octanol–water partition coefficient (Wildman–Crippen LogP) is 3.53. The van der Waals surface area contributed by atoms with Gasteiger partial charge in [0.25, 0.3) is 0 Å². The number of fused-ring (bicyclic) bond motifs is 1. The van der Waals surface area contributed by atoms with Crippen LogP contribution in [0.15, 0.2) is 12.1 Å². The molecule has 0 aliphatic carbocycles. The zero-order chi connectivity index (χ0) is 12.7. The van der Waals surface area contributed by atoms with Crippen LogP contribution < -0.4 is 10.6 Å². The summed E-state index contributed by atoms with van der Waals surface area (Å²) in [6.45, 7) is 1.93. The van der Waals surface area contributed by atoms with E-state index in [-0.39, 0.29) is 0 Å². The van der Waals surface area contributed by atoms with Crippen LogP contribution in [-0.2, 0) is 0 Å². The van der Waals surface area contributed by atoms with Crippen molar-refractivity contribution in [1.29, 1.82) is 0 Å². The number of hydrogen-bond donors (Lipinski definition) is 1. The number of nitrogens with zero attached hydrogens (tertiary/aromatic N) is 2. The van der Waals surface area contributed by atoms with Crippen molar-refractivity contribution in [3.8, 4) is 0 Å². The van der Waals surface area contributed by atoms with E-state index in [2.05, 4.69) is 9.88 Å². The lowest BCUT2D eigenvalue weighted by Crippen LogP contribution is -2.39. The molecule has 0 radical (unpaired) electrons. The SMILES string of the molecule is NC1CCN(c2nc3c(Cl)c(Cl)ccc3s2)CC1. The van der Waals surface area contributed by atoms with E-state index >= 15 is 0 Å². The third-order valence-corrected chi connectivity index (χ3v) is 5.13. The maximum Gasteiger partial charge on any atom is 0.186 e. The second-order valence-electron chi connectivity index (χ2n) is 4.53. The maximum atomic E-state index is 6.18. The highest BCUT2D eigenvalue weighted by Gasteiger charge is 2.20. The van der Waals surface area contributed by atoms with Crippen molar-refractivity contribution in [2.45, 2.75) is 18.9 Å². The third kappa shape index (κ3) is 2.18. The molecule has 2 aromatic rings. The lowest BCUT2D eigenvalue weighted by molar-refractivity contribution is 0.501. The Morgan fingerprint density at radius 2 is 2.00 bits per heavy atom. The Morgan fingerprint density at radius 3 is 2.72 bits per heavy atom. The van der Waals surface area contributed by atoms with Crippen molar-refractivity contribution < 1.29 is 0 Å². The number of thiazole rings is 1. The predicted molar refractivity (Wildman–Crippen MR) is 79.1 cm³/mol. The Morgan fingerprint density at radius 1 is 1.28 bits per heavy atom. The van der Waals surface area contributed by atoms with E-state index in [9.17, 15) is 0 Å². The van der Waals surface area contributed by atoms with Gasteiger partial charge in [0.2, 0.25) is 0 Å². The van der Waals surface area contributed by atoms with Gasteiger partial charge in [0, 0.05) is 19.1 Å². The van der Waals surface area contributed by atoms with Gasteiger partial charge in [-0.15, -0.1) is 0 Å². The molecule has 0 spiro atoms. The molecule has 0 saturated carbocycles. The van der Waals surface area contributed by atoms with Gasteiger partial charge in [-0.05, 0) is 25.0 Å². The van der Waals surface area contributed by atoms with Crippen molar-refractivity contribution in [1.82, 2.24) is 4.98 Å². The minimum atomic E-state index is 0.327. The van der Waals surface area contributed by atoms with E-state index in [1.54, 1.807) is 11.3 Å². The molecule has 1 aromatic heterocycles. The molecular formula is C12H13Cl2N3S. The van der Waals surface area contributed by atoms with Crippen LogP contribution in [0.3, 0.4) is 0 Å². The fourth-order valence-corrected chi connectivity index (χ4v) is 3.59. The first kappa shape index (κ1) is 12.5. The van der Waals surface area contributed by atoms with Gasteiger partial charge in [0.1, 0.15) is 5.52 Å². The van der Waals surface area contributed by atoms with Crippen LogP contribution in [0, 0.1) is 0 Å². The van der Waals surface area contributed by atoms with Gasteiger partial charge in [0.15, 0.2) is 5.13 Å². The molecule has 3 nitrogen and oxygen atoms in total. The minimum Gasteiger partial charge on any atom is -0.348 e. The summed E-state index contributed by atoms with van der Waals surface area (Å²) in [4.78, 5) is 6.89. The second kappa shape index (κ2) is 4.85. The molecule has 1 aromatic carbocycles. The quantitative estimate of drug-likeness (QED) is 0.876. The Kier molecular flexibility index (Phi) is 3.36. The van der Waals surface area contributed by atoms with Gasteiger partial charge >= 0.3 is 0 Å². The van der Waals surface area contributed by atoms with Gasteiger partial charge in [0.05, 0.1) is 14.7 Å². The van der Waals surface area contributed by atoms with Crippen LogP contribution in [0.5, 0.6) is 0 Å². The number of benzene rings is 1. The maximum absolute atomic E-state index is 6.18. The summed E-state index contributed by atoms with van der Waals surface area (Å²) in [5.74, 6) is 0. The van der Waals surface area contributed by atoms with Crippen molar-refractivity contribution in [2.24, 2.45) is 5.73 Å². The van der Waals surface area contributed by atoms with Crippen molar-refractivity contribution in [3.05, 3.63) is 22.2 Å². The topological polar surface area (TPSA) is 42.1 Å². The minimum absolute atomic E-state index is 0.327. The first-order valence-corrected chi connectivity index (χ1v) is 7.47. The number of nitrogens with two attached hydrogens (primary N) is 1. The van der Waals surface area contributed by atoms with Gasteiger partial charge < -0.3 is 10.6 Å². The summed E-state index contributed by atoms with van der Waals surface area (Å²) in [5.41, 5.74) is 6.72. The number of piperidine rings is 1. The normalized spacial score (nSPS) is 17.6. The Hall–Kier alpha value is -0.550. The Labute approximate surface area is 119 Å². The molecule has 6 heteroatoms. The molecule has 3 rings (SSSR count). The molecular weight excluding hydrogens is 289 g/mol. The molecule has 1 aliphatic rings. The lowest BCUT2D eigenvalue weighted by Gasteiger charge is -2.29. The second-order valence-corrected chi connectivity index (χ2v) is 6.32. The standard InChI is InChI=1S/C12H13Cl2N3S/c13-8-1-2-9-11(10(8)14)16-12(18-9)17-5-3-7(15)4-6-17/h1-2,7H,3-6,15H2. The summed E-state index contributed by atoms with van der Waals surface area (Å²) in [6, 6.07) is 4.12. The summed E-state index contributed by atoms with van der Waals surface area (Å²) in [6.07, 6.45) is 2.04. The van der Waals surface area contributed by atoms with Crippen LogP contribution in [0.4, 0.5) is 5.13 Å². The molecule has 2 heterocycles. The van der Waals surface area contributed by atoms with Gasteiger partial charge in [-0.3, -0.25) is 0 Å². The highest BCUT2D eigenvalue weighted by Crippen LogP contribution is 2.37. The van der Waals surface area contributed by atoms with Crippen molar-refractivity contribution in [3.63, 3.8) is 0 Å². The molecule has 1 fully saturated rings. The van der Waals surface area contributed by atoms with E-state index in [4.69, 9.17) is 28.9 Å². The fourth-order valence-electron chi connectivity index (χ4n) is 2.15. The average molecular weight is 302 g/mol.